The Morgan fingerprint density at radius 1 is 1.03 bits per heavy atom. The Kier molecular flexibility index (Phi) is 6.59. The molecule has 1 aliphatic carbocycles. The summed E-state index contributed by atoms with van der Waals surface area (Å²) in [5.41, 5.74) is 0.893. The number of alkyl halides is 3. The van der Waals surface area contributed by atoms with Crippen molar-refractivity contribution in [1.82, 2.24) is 10.2 Å². The molecule has 1 saturated heterocycles. The van der Waals surface area contributed by atoms with Crippen molar-refractivity contribution in [1.29, 1.82) is 0 Å². The number of rotatable bonds is 5. The zero-order chi connectivity index (χ0) is 23.8. The van der Waals surface area contributed by atoms with Crippen LogP contribution in [0.1, 0.15) is 56.2 Å². The SMILES string of the molecule is CC(C)(C)C(C(=O)N[C@H]1CC[C@@H]2CN(Cc3cccc(C(F)(F)F)c3)C[C@H]21)c1ccccc1. The van der Waals surface area contributed by atoms with E-state index in [4.69, 9.17) is 0 Å². The smallest absolute Gasteiger partial charge is 0.352 e. The van der Waals surface area contributed by atoms with Crippen LogP contribution in [-0.4, -0.2) is 29.9 Å². The third-order valence-electron chi connectivity index (χ3n) is 7.18. The van der Waals surface area contributed by atoms with E-state index in [2.05, 4.69) is 31.0 Å². The summed E-state index contributed by atoms with van der Waals surface area (Å²) in [6, 6.07) is 15.6. The van der Waals surface area contributed by atoms with Gasteiger partial charge < -0.3 is 5.32 Å². The highest BCUT2D eigenvalue weighted by Crippen LogP contribution is 2.41. The van der Waals surface area contributed by atoms with Gasteiger partial charge in [-0.15, -0.1) is 0 Å². The van der Waals surface area contributed by atoms with Gasteiger partial charge in [0.25, 0.3) is 0 Å². The first kappa shape index (κ1) is 23.8. The van der Waals surface area contributed by atoms with Gasteiger partial charge >= 0.3 is 6.18 Å². The molecule has 4 atom stereocenters. The molecule has 4 rings (SSSR count). The molecule has 1 heterocycles. The Morgan fingerprint density at radius 2 is 1.76 bits per heavy atom. The number of carbonyl (C=O) groups is 1. The van der Waals surface area contributed by atoms with Crippen molar-refractivity contribution in [3.8, 4) is 0 Å². The van der Waals surface area contributed by atoms with E-state index >= 15 is 0 Å². The van der Waals surface area contributed by atoms with Crippen LogP contribution in [-0.2, 0) is 17.5 Å². The molecule has 33 heavy (non-hydrogen) atoms. The summed E-state index contributed by atoms with van der Waals surface area (Å²) >= 11 is 0. The molecule has 6 heteroatoms. The molecule has 2 fully saturated rings. The van der Waals surface area contributed by atoms with Gasteiger partial charge in [-0.2, -0.15) is 13.2 Å². The Balaban J connectivity index is 1.41. The highest BCUT2D eigenvalue weighted by atomic mass is 19.4. The first-order valence-corrected chi connectivity index (χ1v) is 11.8. The molecule has 2 aromatic carbocycles. The minimum atomic E-state index is -4.32. The monoisotopic (exact) mass is 458 g/mol. The number of carbonyl (C=O) groups excluding carboxylic acids is 1. The lowest BCUT2D eigenvalue weighted by Crippen LogP contribution is -2.44. The Bertz CT molecular complexity index is 967. The number of nitrogens with one attached hydrogen (secondary N) is 1. The lowest BCUT2D eigenvalue weighted by Gasteiger charge is -2.32. The number of halogens is 3. The summed E-state index contributed by atoms with van der Waals surface area (Å²) < 4.78 is 39.2. The normalized spacial score (nSPS) is 24.5. The van der Waals surface area contributed by atoms with Crippen LogP contribution in [0, 0.1) is 17.3 Å². The van der Waals surface area contributed by atoms with Gasteiger partial charge in [0.2, 0.25) is 5.91 Å². The maximum absolute atomic E-state index is 13.4. The number of amides is 1. The fourth-order valence-electron chi connectivity index (χ4n) is 5.73. The molecule has 0 aromatic heterocycles. The Hall–Kier alpha value is -2.34. The summed E-state index contributed by atoms with van der Waals surface area (Å²) in [5.74, 6) is 0.651. The quantitative estimate of drug-likeness (QED) is 0.609. The van der Waals surface area contributed by atoms with Crippen LogP contribution in [0.15, 0.2) is 54.6 Å². The van der Waals surface area contributed by atoms with E-state index in [0.29, 0.717) is 23.9 Å². The molecule has 0 bridgehead atoms. The molecule has 1 N–H and O–H groups in total. The second-order valence-electron chi connectivity index (χ2n) is 10.7. The van der Waals surface area contributed by atoms with Gasteiger partial charge in [0.1, 0.15) is 0 Å². The van der Waals surface area contributed by atoms with Crippen molar-refractivity contribution < 1.29 is 18.0 Å². The Labute approximate surface area is 194 Å². The van der Waals surface area contributed by atoms with E-state index in [9.17, 15) is 18.0 Å². The molecular weight excluding hydrogens is 425 g/mol. The average Bonchev–Trinajstić information content (AvgIpc) is 3.28. The first-order valence-electron chi connectivity index (χ1n) is 11.8. The Morgan fingerprint density at radius 3 is 2.42 bits per heavy atom. The highest BCUT2D eigenvalue weighted by molar-refractivity contribution is 5.84. The van der Waals surface area contributed by atoms with E-state index < -0.39 is 11.7 Å². The third kappa shape index (κ3) is 5.43. The molecule has 1 saturated carbocycles. The molecule has 3 nitrogen and oxygen atoms in total. The van der Waals surface area contributed by atoms with E-state index in [1.165, 1.54) is 12.1 Å². The van der Waals surface area contributed by atoms with Gasteiger partial charge in [0.15, 0.2) is 0 Å². The molecule has 0 radical (unpaired) electrons. The molecule has 1 aliphatic heterocycles. The van der Waals surface area contributed by atoms with Crippen LogP contribution in [0.5, 0.6) is 0 Å². The molecule has 178 valence electrons. The van der Waals surface area contributed by atoms with Gasteiger partial charge in [-0.1, -0.05) is 69.3 Å². The lowest BCUT2D eigenvalue weighted by atomic mass is 9.75. The standard InChI is InChI=1S/C27H33F3N2O/c1-26(2,3)24(19-9-5-4-6-10-19)25(33)31-23-13-12-20-16-32(17-22(20)23)15-18-8-7-11-21(14-18)27(28,29)30/h4-11,14,20,22-24H,12-13,15-17H2,1-3H3,(H,31,33)/t20-,22-,23+,24?/m1/s1. The van der Waals surface area contributed by atoms with Gasteiger partial charge in [0.05, 0.1) is 11.5 Å². The van der Waals surface area contributed by atoms with E-state index in [0.717, 1.165) is 37.6 Å². The van der Waals surface area contributed by atoms with Crippen molar-refractivity contribution in [2.24, 2.45) is 17.3 Å². The van der Waals surface area contributed by atoms with Gasteiger partial charge in [-0.25, -0.2) is 0 Å². The zero-order valence-electron chi connectivity index (χ0n) is 19.5. The van der Waals surface area contributed by atoms with Crippen molar-refractivity contribution in [3.63, 3.8) is 0 Å². The summed E-state index contributed by atoms with van der Waals surface area (Å²) in [7, 11) is 0. The molecular formula is C27H33F3N2O. The van der Waals surface area contributed by atoms with Crippen LogP contribution in [0.25, 0.3) is 0 Å². The number of hydrogen-bond donors (Lipinski definition) is 1. The van der Waals surface area contributed by atoms with Crippen LogP contribution in [0.4, 0.5) is 13.2 Å². The van der Waals surface area contributed by atoms with Crippen LogP contribution >= 0.6 is 0 Å². The van der Waals surface area contributed by atoms with Crippen LogP contribution < -0.4 is 5.32 Å². The van der Waals surface area contributed by atoms with E-state index in [-0.39, 0.29) is 23.3 Å². The third-order valence-corrected chi connectivity index (χ3v) is 7.18. The zero-order valence-corrected chi connectivity index (χ0v) is 19.5. The largest absolute Gasteiger partial charge is 0.416 e. The topological polar surface area (TPSA) is 32.3 Å². The minimum absolute atomic E-state index is 0.0654. The number of fused-ring (bicyclic) bond motifs is 1. The number of hydrogen-bond acceptors (Lipinski definition) is 2. The van der Waals surface area contributed by atoms with Crippen molar-refractivity contribution in [2.45, 2.75) is 58.3 Å². The number of nitrogens with zero attached hydrogens (tertiary/aromatic N) is 1. The highest BCUT2D eigenvalue weighted by Gasteiger charge is 2.44. The van der Waals surface area contributed by atoms with Crippen molar-refractivity contribution in [2.75, 3.05) is 13.1 Å². The number of likely N-dealkylation sites (tertiary alicyclic amines) is 1. The van der Waals surface area contributed by atoms with E-state index in [1.54, 1.807) is 6.07 Å². The molecule has 1 amide bonds. The van der Waals surface area contributed by atoms with E-state index in [1.807, 2.05) is 30.3 Å². The predicted octanol–water partition coefficient (Wildman–Crippen LogP) is 5.86. The second-order valence-corrected chi connectivity index (χ2v) is 10.7. The lowest BCUT2D eigenvalue weighted by molar-refractivity contribution is -0.137. The molecule has 0 spiro atoms. The minimum Gasteiger partial charge on any atom is -0.352 e. The second kappa shape index (κ2) is 9.13. The molecule has 2 aromatic rings. The summed E-state index contributed by atoms with van der Waals surface area (Å²) in [5, 5.41) is 3.35. The maximum Gasteiger partial charge on any atom is 0.416 e. The van der Waals surface area contributed by atoms with Crippen molar-refractivity contribution >= 4 is 5.91 Å². The van der Waals surface area contributed by atoms with Crippen molar-refractivity contribution in [3.05, 3.63) is 71.3 Å². The molecule has 1 unspecified atom stereocenters. The maximum atomic E-state index is 13.4. The van der Waals surface area contributed by atoms with Gasteiger partial charge in [0, 0.05) is 25.7 Å². The van der Waals surface area contributed by atoms with Crippen LogP contribution in [0.3, 0.4) is 0 Å². The van der Waals surface area contributed by atoms with Crippen LogP contribution in [0.2, 0.25) is 0 Å². The fourth-order valence-corrected chi connectivity index (χ4v) is 5.73. The number of benzene rings is 2. The molecule has 2 aliphatic rings. The fraction of sp³-hybridized carbons (Fsp3) is 0.519. The predicted molar refractivity (Wildman–Crippen MR) is 124 cm³/mol. The van der Waals surface area contributed by atoms with Gasteiger partial charge in [-0.05, 0) is 47.3 Å². The van der Waals surface area contributed by atoms with Gasteiger partial charge in [-0.3, -0.25) is 9.69 Å². The summed E-state index contributed by atoms with van der Waals surface area (Å²) in [6.07, 6.45) is -2.32. The first-order chi connectivity index (χ1) is 15.5. The summed E-state index contributed by atoms with van der Waals surface area (Å²) in [4.78, 5) is 15.6. The average molecular weight is 459 g/mol. The summed E-state index contributed by atoms with van der Waals surface area (Å²) in [6.45, 7) is 8.45.